The summed E-state index contributed by atoms with van der Waals surface area (Å²) in [5.41, 5.74) is 1.11. The molecule has 0 saturated heterocycles. The van der Waals surface area contributed by atoms with Crippen molar-refractivity contribution in [2.45, 2.75) is 26.7 Å². The lowest BCUT2D eigenvalue weighted by Gasteiger charge is -2.12. The van der Waals surface area contributed by atoms with Gasteiger partial charge in [-0.1, -0.05) is 32.0 Å². The summed E-state index contributed by atoms with van der Waals surface area (Å²) in [4.78, 5) is 0. The van der Waals surface area contributed by atoms with Crippen LogP contribution in [0.25, 0.3) is 10.8 Å². The van der Waals surface area contributed by atoms with Crippen molar-refractivity contribution >= 4 is 10.8 Å². The molecule has 2 rings (SSSR count). The van der Waals surface area contributed by atoms with Crippen LogP contribution >= 0.6 is 0 Å². The van der Waals surface area contributed by atoms with Crippen molar-refractivity contribution in [1.29, 1.82) is 0 Å². The molecule has 17 heavy (non-hydrogen) atoms. The molecule has 2 aromatic carbocycles. The zero-order chi connectivity index (χ0) is 12.6. The minimum Gasteiger partial charge on any atom is -0.203 e. The van der Waals surface area contributed by atoms with Gasteiger partial charge in [-0.05, 0) is 29.4 Å². The van der Waals surface area contributed by atoms with Crippen molar-refractivity contribution in [2.75, 3.05) is 0 Å². The van der Waals surface area contributed by atoms with E-state index in [1.165, 1.54) is 6.07 Å². The molecule has 0 heterocycles. The van der Waals surface area contributed by atoms with E-state index in [9.17, 15) is 13.2 Å². The average Bonchev–Trinajstić information content (AvgIpc) is 2.36. The maximum atomic E-state index is 13.7. The molecular formula is C14H13F3. The highest BCUT2D eigenvalue weighted by atomic mass is 19.2. The molecule has 0 saturated carbocycles. The molecule has 3 heteroatoms. The van der Waals surface area contributed by atoms with Crippen LogP contribution in [0.3, 0.4) is 0 Å². The summed E-state index contributed by atoms with van der Waals surface area (Å²) in [6.45, 7) is 3.65. The van der Waals surface area contributed by atoms with Gasteiger partial charge in [0.1, 0.15) is 0 Å². The van der Waals surface area contributed by atoms with E-state index in [0.29, 0.717) is 18.2 Å². The van der Waals surface area contributed by atoms with Crippen LogP contribution in [0.15, 0.2) is 18.2 Å². The smallest absolute Gasteiger partial charge is 0.195 e. The van der Waals surface area contributed by atoms with Crippen LogP contribution in [0.4, 0.5) is 13.2 Å². The zero-order valence-electron chi connectivity index (χ0n) is 9.78. The van der Waals surface area contributed by atoms with Gasteiger partial charge in [-0.25, -0.2) is 13.2 Å². The molecule has 0 atom stereocenters. The highest BCUT2D eigenvalue weighted by Gasteiger charge is 2.20. The molecule has 0 bridgehead atoms. The zero-order valence-corrected chi connectivity index (χ0v) is 9.78. The van der Waals surface area contributed by atoms with E-state index in [1.807, 2.05) is 13.0 Å². The highest BCUT2D eigenvalue weighted by Crippen LogP contribution is 2.30. The van der Waals surface area contributed by atoms with Crippen molar-refractivity contribution in [3.8, 4) is 0 Å². The van der Waals surface area contributed by atoms with E-state index in [-0.39, 0.29) is 10.9 Å². The third kappa shape index (κ3) is 1.70. The monoisotopic (exact) mass is 238 g/mol. The Labute approximate surface area is 98.1 Å². The number of hydrogen-bond donors (Lipinski definition) is 0. The lowest BCUT2D eigenvalue weighted by Crippen LogP contribution is -2.01. The first kappa shape index (κ1) is 12.0. The van der Waals surface area contributed by atoms with E-state index in [0.717, 1.165) is 5.56 Å². The minimum absolute atomic E-state index is 0.167. The first-order valence-electron chi connectivity index (χ1n) is 5.68. The minimum atomic E-state index is -1.37. The summed E-state index contributed by atoms with van der Waals surface area (Å²) >= 11 is 0. The van der Waals surface area contributed by atoms with E-state index < -0.39 is 17.5 Å². The van der Waals surface area contributed by atoms with Gasteiger partial charge in [-0.2, -0.15) is 0 Å². The molecule has 0 fully saturated rings. The predicted octanol–water partition coefficient (Wildman–Crippen LogP) is 4.38. The van der Waals surface area contributed by atoms with Crippen molar-refractivity contribution < 1.29 is 13.2 Å². The maximum absolute atomic E-state index is 13.7. The number of hydrogen-bond acceptors (Lipinski definition) is 0. The SMILES string of the molecule is CCc1cccc2c(F)c(F)c(F)c(CC)c12. The Balaban J connectivity index is 3.01. The number of rotatable bonds is 2. The first-order chi connectivity index (χ1) is 8.11. The fourth-order valence-electron chi connectivity index (χ4n) is 2.22. The van der Waals surface area contributed by atoms with E-state index >= 15 is 0 Å². The van der Waals surface area contributed by atoms with Crippen molar-refractivity contribution in [1.82, 2.24) is 0 Å². The standard InChI is InChI=1S/C14H13F3/c1-3-8-6-5-7-10-11(8)9(4-2)12(15)14(17)13(10)16/h5-7H,3-4H2,1-2H3. The van der Waals surface area contributed by atoms with Gasteiger partial charge in [-0.3, -0.25) is 0 Å². The Bertz CT molecular complexity index is 573. The lowest BCUT2D eigenvalue weighted by molar-refractivity contribution is 0.448. The Kier molecular flexibility index (Phi) is 3.09. The molecule has 0 radical (unpaired) electrons. The van der Waals surface area contributed by atoms with E-state index in [4.69, 9.17) is 0 Å². The maximum Gasteiger partial charge on any atom is 0.195 e. The van der Waals surface area contributed by atoms with E-state index in [1.54, 1.807) is 13.0 Å². The van der Waals surface area contributed by atoms with Gasteiger partial charge in [0.25, 0.3) is 0 Å². The van der Waals surface area contributed by atoms with Crippen LogP contribution in [0.5, 0.6) is 0 Å². The second-order valence-corrected chi connectivity index (χ2v) is 3.97. The van der Waals surface area contributed by atoms with Gasteiger partial charge in [-0.15, -0.1) is 0 Å². The second-order valence-electron chi connectivity index (χ2n) is 3.97. The summed E-state index contributed by atoms with van der Waals surface area (Å²) in [6.07, 6.45) is 1.01. The molecule has 0 aliphatic heterocycles. The third-order valence-electron chi connectivity index (χ3n) is 3.07. The Morgan fingerprint density at radius 2 is 1.59 bits per heavy atom. The van der Waals surface area contributed by atoms with Gasteiger partial charge in [0, 0.05) is 5.39 Å². The summed E-state index contributed by atoms with van der Waals surface area (Å²) in [7, 11) is 0. The second kappa shape index (κ2) is 4.40. The fraction of sp³-hybridized carbons (Fsp3) is 0.286. The van der Waals surface area contributed by atoms with Crippen LogP contribution < -0.4 is 0 Å². The third-order valence-corrected chi connectivity index (χ3v) is 3.07. The summed E-state index contributed by atoms with van der Waals surface area (Å²) in [5, 5.41) is 0.689. The quantitative estimate of drug-likeness (QED) is 0.681. The topological polar surface area (TPSA) is 0 Å². The van der Waals surface area contributed by atoms with Gasteiger partial charge in [0.2, 0.25) is 0 Å². The van der Waals surface area contributed by atoms with E-state index in [2.05, 4.69) is 0 Å². The van der Waals surface area contributed by atoms with Crippen LogP contribution in [-0.2, 0) is 12.8 Å². The van der Waals surface area contributed by atoms with Gasteiger partial charge in [0.15, 0.2) is 17.5 Å². The molecule has 90 valence electrons. The Morgan fingerprint density at radius 3 is 2.18 bits per heavy atom. The first-order valence-corrected chi connectivity index (χ1v) is 5.68. The highest BCUT2D eigenvalue weighted by molar-refractivity contribution is 5.89. The van der Waals surface area contributed by atoms with Gasteiger partial charge >= 0.3 is 0 Å². The Hall–Kier alpha value is -1.51. The molecule has 0 spiro atoms. The molecule has 0 aliphatic rings. The fourth-order valence-corrected chi connectivity index (χ4v) is 2.22. The van der Waals surface area contributed by atoms with Gasteiger partial charge < -0.3 is 0 Å². The summed E-state index contributed by atoms with van der Waals surface area (Å²) in [5.74, 6) is -3.52. The van der Waals surface area contributed by atoms with Crippen LogP contribution in [-0.4, -0.2) is 0 Å². The number of fused-ring (bicyclic) bond motifs is 1. The molecule has 0 unspecified atom stereocenters. The number of aryl methyl sites for hydroxylation is 2. The van der Waals surface area contributed by atoms with Gasteiger partial charge in [0.05, 0.1) is 0 Å². The van der Waals surface area contributed by atoms with Crippen LogP contribution in [0.2, 0.25) is 0 Å². The molecule has 0 N–H and O–H groups in total. The predicted molar refractivity (Wildman–Crippen MR) is 62.6 cm³/mol. The van der Waals surface area contributed by atoms with Crippen LogP contribution in [0.1, 0.15) is 25.0 Å². The normalized spacial score (nSPS) is 11.1. The van der Waals surface area contributed by atoms with Crippen LogP contribution in [0, 0.1) is 17.5 Å². The molecular weight excluding hydrogens is 225 g/mol. The van der Waals surface area contributed by atoms with Crippen molar-refractivity contribution in [3.05, 3.63) is 46.8 Å². The average molecular weight is 238 g/mol. The Morgan fingerprint density at radius 1 is 0.882 bits per heavy atom. The largest absolute Gasteiger partial charge is 0.203 e. The molecule has 2 aromatic rings. The molecule has 0 aromatic heterocycles. The lowest BCUT2D eigenvalue weighted by atomic mass is 9.95. The molecule has 0 aliphatic carbocycles. The number of halogens is 3. The van der Waals surface area contributed by atoms with Crippen molar-refractivity contribution in [2.24, 2.45) is 0 Å². The molecule has 0 nitrogen and oxygen atoms in total. The van der Waals surface area contributed by atoms with Crippen molar-refractivity contribution in [3.63, 3.8) is 0 Å². The number of benzene rings is 2. The summed E-state index contributed by atoms with van der Waals surface area (Å²) < 4.78 is 40.8. The summed E-state index contributed by atoms with van der Waals surface area (Å²) in [6, 6.07) is 4.98. The molecule has 0 amide bonds.